The molecule has 2 aromatic heterocycles. The molecule has 2 heterocycles. The quantitative estimate of drug-likeness (QED) is 0.259. The Kier molecular flexibility index (Phi) is 7.70. The lowest BCUT2D eigenvalue weighted by molar-refractivity contribution is 0.0954. The lowest BCUT2D eigenvalue weighted by Crippen LogP contribution is -2.25. The molecular weight excluding hydrogens is 460 g/mol. The van der Waals surface area contributed by atoms with Crippen LogP contribution in [0.2, 0.25) is 0 Å². The van der Waals surface area contributed by atoms with Gasteiger partial charge in [-0.05, 0) is 37.7 Å². The van der Waals surface area contributed by atoms with E-state index in [1.165, 1.54) is 0 Å². The predicted octanol–water partition coefficient (Wildman–Crippen LogP) is 5.10. The van der Waals surface area contributed by atoms with E-state index in [1.54, 1.807) is 36.9 Å². The average Bonchev–Trinajstić information content (AvgIpc) is 3.24. The molecule has 0 spiro atoms. The third-order valence-corrected chi connectivity index (χ3v) is 6.48. The normalized spacial score (nSPS) is 11.3. The smallest absolute Gasteiger partial charge is 0.255 e. The number of fused-ring (bicyclic) bond motifs is 1. The van der Waals surface area contributed by atoms with E-state index in [-0.39, 0.29) is 11.3 Å². The van der Waals surface area contributed by atoms with Crippen LogP contribution in [0.4, 0.5) is 0 Å². The summed E-state index contributed by atoms with van der Waals surface area (Å²) in [6.45, 7) is 7.42. The fourth-order valence-electron chi connectivity index (χ4n) is 4.10. The summed E-state index contributed by atoms with van der Waals surface area (Å²) in [5.74, 6) is 1.63. The topological polar surface area (TPSA) is 90.0 Å². The van der Waals surface area contributed by atoms with Crippen molar-refractivity contribution in [1.29, 1.82) is 0 Å². The lowest BCUT2D eigenvalue weighted by atomic mass is 10.0. The van der Waals surface area contributed by atoms with Crippen LogP contribution in [0.5, 0.6) is 0 Å². The summed E-state index contributed by atoms with van der Waals surface area (Å²) in [6.07, 6.45) is 3.43. The van der Waals surface area contributed by atoms with Gasteiger partial charge < -0.3 is 14.3 Å². The maximum absolute atomic E-state index is 13.1. The number of aromatic nitrogens is 3. The summed E-state index contributed by atoms with van der Waals surface area (Å²) in [4.78, 5) is 26.1. The zero-order valence-electron chi connectivity index (χ0n) is 20.5. The first-order valence-corrected chi connectivity index (χ1v) is 13.0. The van der Waals surface area contributed by atoms with Gasteiger partial charge in [-0.1, -0.05) is 62.0 Å². The van der Waals surface area contributed by atoms with Crippen LogP contribution in [-0.2, 0) is 13.0 Å². The minimum atomic E-state index is -0.268. The predicted molar refractivity (Wildman–Crippen MR) is 140 cm³/mol. The fraction of sp³-hybridized carbons (Fsp3) is 0.333. The van der Waals surface area contributed by atoms with Gasteiger partial charge >= 0.3 is 0 Å². The first kappa shape index (κ1) is 24.7. The number of thioether (sulfide) groups is 1. The van der Waals surface area contributed by atoms with Gasteiger partial charge in [0.15, 0.2) is 16.2 Å². The van der Waals surface area contributed by atoms with Gasteiger partial charge in [0, 0.05) is 30.6 Å². The van der Waals surface area contributed by atoms with Crippen LogP contribution in [0.25, 0.3) is 22.3 Å². The third kappa shape index (κ3) is 5.32. The van der Waals surface area contributed by atoms with Gasteiger partial charge in [0.1, 0.15) is 11.6 Å². The summed E-state index contributed by atoms with van der Waals surface area (Å²) >= 11 is 1.59. The SMILES string of the molecule is CSc1nnc(CCCNC(=O)c2cccc3c(=O)c(C)c(-c4ccccc4)oc23)n1CC(C)C. The molecule has 0 unspecified atom stereocenters. The molecule has 0 radical (unpaired) electrons. The first-order valence-electron chi connectivity index (χ1n) is 11.8. The Hall–Kier alpha value is -3.39. The van der Waals surface area contributed by atoms with Crippen molar-refractivity contribution in [2.75, 3.05) is 12.8 Å². The third-order valence-electron chi connectivity index (χ3n) is 5.81. The second-order valence-corrected chi connectivity index (χ2v) is 9.67. The number of rotatable bonds is 9. The standard InChI is InChI=1S/C27H30N4O3S/c1-17(2)16-31-22(29-30-27(31)35-4)14-9-15-28-26(33)21-13-8-12-20-23(32)18(3)24(34-25(20)21)19-10-6-5-7-11-19/h5-8,10-13,17H,9,14-16H2,1-4H3,(H,28,33). The number of aryl methyl sites for hydroxylation is 1. The molecule has 0 aliphatic heterocycles. The molecule has 2 aromatic carbocycles. The highest BCUT2D eigenvalue weighted by Gasteiger charge is 2.18. The average molecular weight is 491 g/mol. The molecule has 7 nitrogen and oxygen atoms in total. The zero-order valence-corrected chi connectivity index (χ0v) is 21.3. The van der Waals surface area contributed by atoms with Crippen LogP contribution in [0, 0.1) is 12.8 Å². The minimum absolute atomic E-state index is 0.131. The molecule has 0 saturated carbocycles. The molecule has 35 heavy (non-hydrogen) atoms. The Bertz CT molecular complexity index is 1390. The van der Waals surface area contributed by atoms with E-state index < -0.39 is 0 Å². The fourth-order valence-corrected chi connectivity index (χ4v) is 4.62. The second-order valence-electron chi connectivity index (χ2n) is 8.90. The van der Waals surface area contributed by atoms with Crippen molar-refractivity contribution in [2.45, 2.75) is 45.3 Å². The molecule has 0 aliphatic carbocycles. The van der Waals surface area contributed by atoms with Gasteiger partial charge in [0.2, 0.25) is 0 Å². The Morgan fingerprint density at radius 1 is 1.11 bits per heavy atom. The number of nitrogens with one attached hydrogen (secondary N) is 1. The maximum Gasteiger partial charge on any atom is 0.255 e. The number of carbonyl (C=O) groups is 1. The summed E-state index contributed by atoms with van der Waals surface area (Å²) in [6, 6.07) is 14.6. The summed E-state index contributed by atoms with van der Waals surface area (Å²) in [5, 5.41) is 12.9. The molecule has 4 rings (SSSR count). The number of carbonyl (C=O) groups excluding carboxylic acids is 1. The van der Waals surface area contributed by atoms with E-state index in [0.717, 1.165) is 29.5 Å². The maximum atomic E-state index is 13.1. The van der Waals surface area contributed by atoms with Gasteiger partial charge in [-0.3, -0.25) is 9.59 Å². The van der Waals surface area contributed by atoms with Crippen LogP contribution in [-0.4, -0.2) is 33.5 Å². The largest absolute Gasteiger partial charge is 0.455 e. The first-order chi connectivity index (χ1) is 16.9. The Labute approximate surface area is 209 Å². The number of benzene rings is 2. The Balaban J connectivity index is 1.52. The van der Waals surface area contributed by atoms with E-state index >= 15 is 0 Å². The van der Waals surface area contributed by atoms with E-state index in [0.29, 0.717) is 46.7 Å². The highest BCUT2D eigenvalue weighted by Crippen LogP contribution is 2.27. The van der Waals surface area contributed by atoms with Crippen LogP contribution >= 0.6 is 11.8 Å². The molecule has 1 amide bonds. The second kappa shape index (κ2) is 10.9. The summed E-state index contributed by atoms with van der Waals surface area (Å²) in [5.41, 5.74) is 1.85. The van der Waals surface area contributed by atoms with Crippen molar-refractivity contribution in [2.24, 2.45) is 5.92 Å². The van der Waals surface area contributed by atoms with Gasteiger partial charge in [-0.15, -0.1) is 10.2 Å². The van der Waals surface area contributed by atoms with E-state index in [9.17, 15) is 9.59 Å². The molecule has 182 valence electrons. The highest BCUT2D eigenvalue weighted by atomic mass is 32.2. The van der Waals surface area contributed by atoms with Crippen molar-refractivity contribution in [1.82, 2.24) is 20.1 Å². The molecule has 8 heteroatoms. The summed E-state index contributed by atoms with van der Waals surface area (Å²) in [7, 11) is 0. The number of para-hydroxylation sites is 1. The molecule has 0 atom stereocenters. The van der Waals surface area contributed by atoms with E-state index in [2.05, 4.69) is 33.9 Å². The van der Waals surface area contributed by atoms with Crippen LogP contribution in [0.15, 0.2) is 62.9 Å². The number of nitrogens with zero attached hydrogens (tertiary/aromatic N) is 3. The van der Waals surface area contributed by atoms with Crippen molar-refractivity contribution in [3.8, 4) is 11.3 Å². The Morgan fingerprint density at radius 2 is 1.89 bits per heavy atom. The van der Waals surface area contributed by atoms with E-state index in [1.807, 2.05) is 36.6 Å². The molecule has 4 aromatic rings. The van der Waals surface area contributed by atoms with Crippen LogP contribution < -0.4 is 10.7 Å². The van der Waals surface area contributed by atoms with E-state index in [4.69, 9.17) is 4.42 Å². The van der Waals surface area contributed by atoms with Crippen molar-refractivity contribution in [3.63, 3.8) is 0 Å². The summed E-state index contributed by atoms with van der Waals surface area (Å²) < 4.78 is 8.33. The number of amides is 1. The van der Waals surface area contributed by atoms with Crippen molar-refractivity contribution < 1.29 is 9.21 Å². The zero-order chi connectivity index (χ0) is 24.9. The number of hydrogen-bond donors (Lipinski definition) is 1. The number of hydrogen-bond acceptors (Lipinski definition) is 6. The Morgan fingerprint density at radius 3 is 2.60 bits per heavy atom. The van der Waals surface area contributed by atoms with Crippen molar-refractivity contribution >= 4 is 28.6 Å². The van der Waals surface area contributed by atoms with Crippen LogP contribution in [0.3, 0.4) is 0 Å². The van der Waals surface area contributed by atoms with Crippen LogP contribution in [0.1, 0.15) is 42.0 Å². The molecular formula is C27H30N4O3S. The van der Waals surface area contributed by atoms with Gasteiger partial charge in [-0.2, -0.15) is 0 Å². The molecule has 0 bridgehead atoms. The molecule has 0 aliphatic rings. The molecule has 1 N–H and O–H groups in total. The van der Waals surface area contributed by atoms with Crippen molar-refractivity contribution in [3.05, 3.63) is 75.7 Å². The minimum Gasteiger partial charge on any atom is -0.455 e. The molecule has 0 fully saturated rings. The highest BCUT2D eigenvalue weighted by molar-refractivity contribution is 7.98. The van der Waals surface area contributed by atoms with Gasteiger partial charge in [0.05, 0.1) is 10.9 Å². The molecule has 0 saturated heterocycles. The van der Waals surface area contributed by atoms with Gasteiger partial charge in [-0.25, -0.2) is 0 Å². The van der Waals surface area contributed by atoms with Gasteiger partial charge in [0.25, 0.3) is 5.91 Å². The lowest BCUT2D eigenvalue weighted by Gasteiger charge is -2.12. The monoisotopic (exact) mass is 490 g/mol.